The smallest absolute Gasteiger partial charge is 0.0897 e. The molecule has 0 amide bonds. The summed E-state index contributed by atoms with van der Waals surface area (Å²) in [7, 11) is 0. The zero-order valence-electron chi connectivity index (χ0n) is 11.6. The highest BCUT2D eigenvalue weighted by atomic mass is 16.5. The van der Waals surface area contributed by atoms with Crippen molar-refractivity contribution < 1.29 is 9.84 Å². The van der Waals surface area contributed by atoms with Crippen molar-refractivity contribution in [3.8, 4) is 0 Å². The summed E-state index contributed by atoms with van der Waals surface area (Å²) in [5.41, 5.74) is 2.68. The van der Waals surface area contributed by atoms with Gasteiger partial charge < -0.3 is 15.2 Å². The molecule has 1 aromatic carbocycles. The Hall–Kier alpha value is -0.900. The number of rotatable bonds is 8. The third-order valence-electron chi connectivity index (χ3n) is 2.83. The summed E-state index contributed by atoms with van der Waals surface area (Å²) < 4.78 is 5.35. The van der Waals surface area contributed by atoms with E-state index < -0.39 is 6.10 Å². The van der Waals surface area contributed by atoms with Gasteiger partial charge in [0.25, 0.3) is 0 Å². The number of hydrogen-bond donors (Lipinski definition) is 2. The van der Waals surface area contributed by atoms with Crippen LogP contribution >= 0.6 is 0 Å². The van der Waals surface area contributed by atoms with Crippen molar-refractivity contribution in [1.29, 1.82) is 0 Å². The molecule has 102 valence electrons. The minimum absolute atomic E-state index is 0.173. The van der Waals surface area contributed by atoms with Crippen LogP contribution in [0.25, 0.3) is 0 Å². The van der Waals surface area contributed by atoms with Gasteiger partial charge in [-0.15, -0.1) is 0 Å². The van der Waals surface area contributed by atoms with Gasteiger partial charge in [0.2, 0.25) is 0 Å². The molecular formula is C15H25NO2. The van der Waals surface area contributed by atoms with Gasteiger partial charge in [-0.2, -0.15) is 0 Å². The number of aliphatic hydroxyl groups excluding tert-OH is 1. The number of aliphatic hydroxyl groups is 1. The second-order valence-electron chi connectivity index (χ2n) is 4.92. The second kappa shape index (κ2) is 8.25. The van der Waals surface area contributed by atoms with Crippen LogP contribution in [0.4, 0.5) is 0 Å². The van der Waals surface area contributed by atoms with Gasteiger partial charge in [-0.05, 0) is 44.9 Å². The third kappa shape index (κ3) is 6.15. The van der Waals surface area contributed by atoms with Crippen molar-refractivity contribution in [2.45, 2.75) is 39.4 Å². The van der Waals surface area contributed by atoms with Crippen LogP contribution in [0.3, 0.4) is 0 Å². The maximum Gasteiger partial charge on any atom is 0.0897 e. The number of aryl methyl sites for hydroxylation is 1. The maximum absolute atomic E-state index is 9.66. The molecule has 0 aliphatic heterocycles. The molecule has 1 atom stereocenters. The lowest BCUT2D eigenvalue weighted by molar-refractivity contribution is 0.00652. The Morgan fingerprint density at radius 3 is 2.67 bits per heavy atom. The zero-order valence-corrected chi connectivity index (χ0v) is 11.6. The zero-order chi connectivity index (χ0) is 13.4. The largest absolute Gasteiger partial charge is 0.389 e. The van der Waals surface area contributed by atoms with Crippen molar-refractivity contribution >= 4 is 0 Å². The molecule has 1 aromatic rings. The van der Waals surface area contributed by atoms with E-state index in [1.54, 1.807) is 0 Å². The van der Waals surface area contributed by atoms with E-state index in [0.717, 1.165) is 13.0 Å². The van der Waals surface area contributed by atoms with Crippen LogP contribution < -0.4 is 5.32 Å². The highest BCUT2D eigenvalue weighted by Gasteiger charge is 2.05. The fraction of sp³-hybridized carbons (Fsp3) is 0.600. The summed E-state index contributed by atoms with van der Waals surface area (Å²) in [5, 5.41) is 12.9. The average Bonchev–Trinajstić information content (AvgIpc) is 2.34. The molecule has 0 aliphatic rings. The molecule has 1 rings (SSSR count). The first-order valence-electron chi connectivity index (χ1n) is 6.64. The second-order valence-corrected chi connectivity index (χ2v) is 4.92. The molecular weight excluding hydrogens is 226 g/mol. The molecule has 0 aliphatic carbocycles. The normalized spacial score (nSPS) is 12.9. The standard InChI is InChI=1S/C15H25NO2/c1-12(2)18-11-15(17)10-16-9-8-14-7-5-4-6-13(14)3/h4-7,12,15-17H,8-11H2,1-3H3. The van der Waals surface area contributed by atoms with E-state index in [-0.39, 0.29) is 6.10 Å². The molecule has 0 spiro atoms. The molecule has 1 unspecified atom stereocenters. The Balaban J connectivity index is 2.13. The summed E-state index contributed by atoms with van der Waals surface area (Å²) in [6.45, 7) is 7.93. The SMILES string of the molecule is Cc1ccccc1CCNCC(O)COC(C)C. The van der Waals surface area contributed by atoms with E-state index >= 15 is 0 Å². The van der Waals surface area contributed by atoms with Gasteiger partial charge >= 0.3 is 0 Å². The van der Waals surface area contributed by atoms with Gasteiger partial charge in [-0.25, -0.2) is 0 Å². The van der Waals surface area contributed by atoms with Crippen LogP contribution in [0, 0.1) is 6.92 Å². The van der Waals surface area contributed by atoms with Crippen LogP contribution in [0.1, 0.15) is 25.0 Å². The number of hydrogen-bond acceptors (Lipinski definition) is 3. The molecule has 18 heavy (non-hydrogen) atoms. The van der Waals surface area contributed by atoms with Gasteiger partial charge in [0, 0.05) is 6.54 Å². The minimum Gasteiger partial charge on any atom is -0.389 e. The summed E-state index contributed by atoms with van der Waals surface area (Å²) >= 11 is 0. The lowest BCUT2D eigenvalue weighted by Crippen LogP contribution is -2.32. The predicted octanol–water partition coefficient (Wildman–Crippen LogP) is 1.91. The fourth-order valence-corrected chi connectivity index (χ4v) is 1.74. The number of nitrogens with one attached hydrogen (secondary N) is 1. The minimum atomic E-state index is -0.427. The Morgan fingerprint density at radius 1 is 1.28 bits per heavy atom. The van der Waals surface area contributed by atoms with E-state index in [9.17, 15) is 5.11 Å². The van der Waals surface area contributed by atoms with Crippen molar-refractivity contribution in [3.05, 3.63) is 35.4 Å². The predicted molar refractivity (Wildman–Crippen MR) is 74.8 cm³/mol. The monoisotopic (exact) mass is 251 g/mol. The number of benzene rings is 1. The van der Waals surface area contributed by atoms with Crippen LogP contribution in [-0.2, 0) is 11.2 Å². The van der Waals surface area contributed by atoms with E-state index in [4.69, 9.17) is 4.74 Å². The lowest BCUT2D eigenvalue weighted by Gasteiger charge is -2.14. The quantitative estimate of drug-likeness (QED) is 0.694. The molecule has 0 bridgehead atoms. The summed E-state index contributed by atoms with van der Waals surface area (Å²) in [6.07, 6.45) is 0.737. The summed E-state index contributed by atoms with van der Waals surface area (Å²) in [4.78, 5) is 0. The molecule has 2 N–H and O–H groups in total. The van der Waals surface area contributed by atoms with E-state index in [2.05, 4.69) is 36.5 Å². The van der Waals surface area contributed by atoms with Crippen molar-refractivity contribution in [2.75, 3.05) is 19.7 Å². The molecule has 0 radical (unpaired) electrons. The van der Waals surface area contributed by atoms with E-state index in [1.807, 2.05) is 13.8 Å². The topological polar surface area (TPSA) is 41.5 Å². The van der Waals surface area contributed by atoms with Gasteiger partial charge in [-0.1, -0.05) is 24.3 Å². The van der Waals surface area contributed by atoms with Gasteiger partial charge in [-0.3, -0.25) is 0 Å². The highest BCUT2D eigenvalue weighted by molar-refractivity contribution is 5.25. The Kier molecular flexibility index (Phi) is 6.94. The Bertz CT molecular complexity index is 339. The van der Waals surface area contributed by atoms with Crippen molar-refractivity contribution in [2.24, 2.45) is 0 Å². The average molecular weight is 251 g/mol. The first kappa shape index (κ1) is 15.2. The van der Waals surface area contributed by atoms with Gasteiger partial charge in [0.1, 0.15) is 0 Å². The molecule has 0 fully saturated rings. The molecule has 3 heteroatoms. The van der Waals surface area contributed by atoms with Crippen LogP contribution in [0.5, 0.6) is 0 Å². The first-order chi connectivity index (χ1) is 8.59. The third-order valence-corrected chi connectivity index (χ3v) is 2.83. The van der Waals surface area contributed by atoms with Crippen LogP contribution in [-0.4, -0.2) is 37.0 Å². The van der Waals surface area contributed by atoms with Gasteiger partial charge in [0.15, 0.2) is 0 Å². The maximum atomic E-state index is 9.66. The fourth-order valence-electron chi connectivity index (χ4n) is 1.74. The van der Waals surface area contributed by atoms with E-state index in [0.29, 0.717) is 13.2 Å². The molecule has 0 saturated carbocycles. The van der Waals surface area contributed by atoms with Crippen molar-refractivity contribution in [1.82, 2.24) is 5.32 Å². The first-order valence-corrected chi connectivity index (χ1v) is 6.64. The number of ether oxygens (including phenoxy) is 1. The summed E-state index contributed by atoms with van der Waals surface area (Å²) in [5.74, 6) is 0. The van der Waals surface area contributed by atoms with Crippen molar-refractivity contribution in [3.63, 3.8) is 0 Å². The van der Waals surface area contributed by atoms with Crippen LogP contribution in [0.2, 0.25) is 0 Å². The van der Waals surface area contributed by atoms with E-state index in [1.165, 1.54) is 11.1 Å². The highest BCUT2D eigenvalue weighted by Crippen LogP contribution is 2.06. The molecule has 0 aromatic heterocycles. The summed E-state index contributed by atoms with van der Waals surface area (Å²) in [6, 6.07) is 8.39. The Labute approximate surface area is 110 Å². The Morgan fingerprint density at radius 2 is 2.00 bits per heavy atom. The van der Waals surface area contributed by atoms with Crippen LogP contribution in [0.15, 0.2) is 24.3 Å². The lowest BCUT2D eigenvalue weighted by atomic mass is 10.1. The molecule has 3 nitrogen and oxygen atoms in total. The molecule has 0 saturated heterocycles. The molecule has 0 heterocycles. The van der Waals surface area contributed by atoms with Gasteiger partial charge in [0.05, 0.1) is 18.8 Å².